The van der Waals surface area contributed by atoms with E-state index >= 15 is 0 Å². The Morgan fingerprint density at radius 1 is 1.45 bits per heavy atom. The number of hydrogen-bond donors (Lipinski definition) is 0. The van der Waals surface area contributed by atoms with Gasteiger partial charge < -0.3 is 0 Å². The molecule has 1 aliphatic rings. The van der Waals surface area contributed by atoms with Gasteiger partial charge in [-0.15, -0.1) is 0 Å². The topological polar surface area (TPSA) is 12.4 Å². The van der Waals surface area contributed by atoms with Gasteiger partial charge in [0, 0.05) is 11.1 Å². The quantitative estimate of drug-likeness (QED) is 0.505. The van der Waals surface area contributed by atoms with Crippen LogP contribution in [0.2, 0.25) is 0 Å². The highest BCUT2D eigenvalue weighted by molar-refractivity contribution is 5.99. The molecule has 0 bridgehead atoms. The summed E-state index contributed by atoms with van der Waals surface area (Å²) in [5, 5.41) is 0. The van der Waals surface area contributed by atoms with Gasteiger partial charge in [0.05, 0.1) is 6.04 Å². The Morgan fingerprint density at radius 3 is 2.45 bits per heavy atom. The van der Waals surface area contributed by atoms with Crippen LogP contribution in [-0.2, 0) is 0 Å². The molecule has 11 heavy (non-hydrogen) atoms. The molecule has 62 valence electrons. The molecule has 1 rings (SSSR count). The van der Waals surface area contributed by atoms with Gasteiger partial charge in [-0.2, -0.15) is 0 Å². The van der Waals surface area contributed by atoms with E-state index < -0.39 is 0 Å². The van der Waals surface area contributed by atoms with Gasteiger partial charge in [-0.1, -0.05) is 26.8 Å². The summed E-state index contributed by atoms with van der Waals surface area (Å²) in [5.41, 5.74) is 1.45. The molecular weight excluding hydrogens is 134 g/mol. The first-order chi connectivity index (χ1) is 5.00. The van der Waals surface area contributed by atoms with E-state index in [4.69, 9.17) is 0 Å². The summed E-state index contributed by atoms with van der Waals surface area (Å²) in [6.07, 6.45) is 5.47. The highest BCUT2D eigenvalue weighted by Gasteiger charge is 2.18. The van der Waals surface area contributed by atoms with E-state index in [1.165, 1.54) is 5.71 Å². The molecule has 1 atom stereocenters. The van der Waals surface area contributed by atoms with Crippen molar-refractivity contribution in [3.63, 3.8) is 0 Å². The fraction of sp³-hybridized carbons (Fsp3) is 0.700. The third-order valence-electron chi connectivity index (χ3n) is 1.88. The zero-order valence-corrected chi connectivity index (χ0v) is 7.89. The molecule has 0 fully saturated rings. The van der Waals surface area contributed by atoms with Gasteiger partial charge in [-0.25, -0.2) is 0 Å². The van der Waals surface area contributed by atoms with Gasteiger partial charge in [0.1, 0.15) is 0 Å². The van der Waals surface area contributed by atoms with Crippen LogP contribution in [0.25, 0.3) is 0 Å². The minimum Gasteiger partial charge on any atom is -0.286 e. The molecule has 0 aromatic heterocycles. The summed E-state index contributed by atoms with van der Waals surface area (Å²) >= 11 is 0. The highest BCUT2D eigenvalue weighted by Crippen LogP contribution is 2.21. The first kappa shape index (κ1) is 8.51. The van der Waals surface area contributed by atoms with Gasteiger partial charge in [-0.3, -0.25) is 4.99 Å². The van der Waals surface area contributed by atoms with Crippen molar-refractivity contribution in [1.29, 1.82) is 0 Å². The molecule has 1 aliphatic heterocycles. The molecule has 1 nitrogen and oxygen atoms in total. The summed E-state index contributed by atoms with van der Waals surface area (Å²) in [4.78, 5) is 4.58. The molecular formula is C10H17N. The van der Waals surface area contributed by atoms with Gasteiger partial charge in [0.2, 0.25) is 0 Å². The molecule has 0 aromatic rings. The molecule has 1 unspecified atom stereocenters. The lowest BCUT2D eigenvalue weighted by Crippen LogP contribution is -2.22. The lowest BCUT2D eigenvalue weighted by atomic mass is 9.88. The van der Waals surface area contributed by atoms with Crippen molar-refractivity contribution in [2.45, 2.75) is 40.2 Å². The average molecular weight is 151 g/mol. The average Bonchev–Trinajstić information content (AvgIpc) is 1.86. The second-order valence-corrected chi connectivity index (χ2v) is 4.25. The third kappa shape index (κ3) is 2.18. The molecule has 0 spiro atoms. The molecule has 0 aromatic carbocycles. The SMILES string of the molecule is CC1CC=CC(C(C)(C)C)=N1. The summed E-state index contributed by atoms with van der Waals surface area (Å²) in [6.45, 7) is 8.77. The Morgan fingerprint density at radius 2 is 2.09 bits per heavy atom. The predicted molar refractivity (Wildman–Crippen MR) is 50.1 cm³/mol. The van der Waals surface area contributed by atoms with Gasteiger partial charge in [0.15, 0.2) is 0 Å². The number of rotatable bonds is 0. The second-order valence-electron chi connectivity index (χ2n) is 4.25. The van der Waals surface area contributed by atoms with Gasteiger partial charge in [0.25, 0.3) is 0 Å². The minimum atomic E-state index is 0.213. The van der Waals surface area contributed by atoms with E-state index in [9.17, 15) is 0 Å². The molecule has 1 heteroatoms. The van der Waals surface area contributed by atoms with Crippen LogP contribution in [0.3, 0.4) is 0 Å². The van der Waals surface area contributed by atoms with Crippen molar-refractivity contribution >= 4 is 5.71 Å². The van der Waals surface area contributed by atoms with Crippen LogP contribution in [0, 0.1) is 5.41 Å². The molecule has 0 radical (unpaired) electrons. The Kier molecular flexibility index (Phi) is 2.17. The van der Waals surface area contributed by atoms with E-state index in [2.05, 4.69) is 44.8 Å². The molecule has 0 saturated heterocycles. The lowest BCUT2D eigenvalue weighted by Gasteiger charge is -2.23. The summed E-state index contributed by atoms with van der Waals surface area (Å²) in [5.74, 6) is 0. The van der Waals surface area contributed by atoms with Gasteiger partial charge in [-0.05, 0) is 19.4 Å². The molecule has 0 N–H and O–H groups in total. The highest BCUT2D eigenvalue weighted by atomic mass is 14.8. The number of hydrogen-bond acceptors (Lipinski definition) is 1. The van der Waals surface area contributed by atoms with Crippen molar-refractivity contribution in [2.75, 3.05) is 0 Å². The summed E-state index contributed by atoms with van der Waals surface area (Å²) in [6, 6.07) is 0.481. The van der Waals surface area contributed by atoms with E-state index in [0.29, 0.717) is 6.04 Å². The smallest absolute Gasteiger partial charge is 0.0509 e. The van der Waals surface area contributed by atoms with E-state index in [1.807, 2.05) is 0 Å². The van der Waals surface area contributed by atoms with Gasteiger partial charge >= 0.3 is 0 Å². The Hall–Kier alpha value is -0.590. The summed E-state index contributed by atoms with van der Waals surface area (Å²) < 4.78 is 0. The van der Waals surface area contributed by atoms with Crippen LogP contribution in [0.4, 0.5) is 0 Å². The number of aliphatic imine (C=N–C) groups is 1. The maximum absolute atomic E-state index is 4.58. The molecule has 1 heterocycles. The predicted octanol–water partition coefficient (Wildman–Crippen LogP) is 2.82. The normalized spacial score (nSPS) is 25.1. The fourth-order valence-electron chi connectivity index (χ4n) is 1.15. The molecule has 0 saturated carbocycles. The standard InChI is InChI=1S/C10H17N/c1-8-6-5-7-9(11-8)10(2,3)4/h5,7-8H,6H2,1-4H3. The Labute approximate surface area is 69.2 Å². The Bertz CT molecular complexity index is 193. The minimum absolute atomic E-state index is 0.213. The maximum atomic E-state index is 4.58. The fourth-order valence-corrected chi connectivity index (χ4v) is 1.15. The van der Waals surface area contributed by atoms with E-state index in [1.54, 1.807) is 0 Å². The van der Waals surface area contributed by atoms with E-state index in [-0.39, 0.29) is 5.41 Å². The lowest BCUT2D eigenvalue weighted by molar-refractivity contribution is 0.579. The molecule has 0 aliphatic carbocycles. The monoisotopic (exact) mass is 151 g/mol. The number of nitrogens with zero attached hydrogens (tertiary/aromatic N) is 1. The van der Waals surface area contributed by atoms with Crippen molar-refractivity contribution in [3.8, 4) is 0 Å². The van der Waals surface area contributed by atoms with Crippen molar-refractivity contribution in [2.24, 2.45) is 10.4 Å². The van der Waals surface area contributed by atoms with Crippen LogP contribution in [0.5, 0.6) is 0 Å². The maximum Gasteiger partial charge on any atom is 0.0509 e. The molecule has 0 amide bonds. The number of dihydropyridines is 1. The van der Waals surface area contributed by atoms with Crippen LogP contribution in [-0.4, -0.2) is 11.8 Å². The van der Waals surface area contributed by atoms with E-state index in [0.717, 1.165) is 6.42 Å². The number of allylic oxidation sites excluding steroid dienone is 1. The zero-order chi connectivity index (χ0) is 8.48. The van der Waals surface area contributed by atoms with Crippen LogP contribution in [0.15, 0.2) is 17.1 Å². The van der Waals surface area contributed by atoms with Crippen molar-refractivity contribution in [3.05, 3.63) is 12.2 Å². The first-order valence-corrected chi connectivity index (χ1v) is 4.25. The van der Waals surface area contributed by atoms with Crippen molar-refractivity contribution in [1.82, 2.24) is 0 Å². The largest absolute Gasteiger partial charge is 0.286 e. The Balaban J connectivity index is 2.80. The van der Waals surface area contributed by atoms with Crippen LogP contribution in [0.1, 0.15) is 34.1 Å². The van der Waals surface area contributed by atoms with Crippen molar-refractivity contribution < 1.29 is 0 Å². The zero-order valence-electron chi connectivity index (χ0n) is 7.89. The third-order valence-corrected chi connectivity index (χ3v) is 1.88. The van der Waals surface area contributed by atoms with Crippen LogP contribution >= 0.6 is 0 Å². The summed E-state index contributed by atoms with van der Waals surface area (Å²) in [7, 11) is 0. The first-order valence-electron chi connectivity index (χ1n) is 4.25. The second kappa shape index (κ2) is 2.80. The van der Waals surface area contributed by atoms with Crippen LogP contribution < -0.4 is 0 Å².